The van der Waals surface area contributed by atoms with Crippen molar-refractivity contribution in [2.75, 3.05) is 13.2 Å². The van der Waals surface area contributed by atoms with Crippen LogP contribution in [0.25, 0.3) is 0 Å². The van der Waals surface area contributed by atoms with Crippen molar-refractivity contribution in [1.82, 2.24) is 4.98 Å². The van der Waals surface area contributed by atoms with E-state index in [4.69, 9.17) is 18.9 Å². The summed E-state index contributed by atoms with van der Waals surface area (Å²) in [7, 11) is 0. The first-order chi connectivity index (χ1) is 12.1. The SMILES string of the molecule is CCOC(=O)c1ccc(Oc2ccc3c(c2)COB3C)nc1OCC. The Hall–Kier alpha value is -2.54. The lowest BCUT2D eigenvalue weighted by molar-refractivity contribution is 0.0521. The highest BCUT2D eigenvalue weighted by molar-refractivity contribution is 6.67. The molecule has 0 fully saturated rings. The standard InChI is InChI=1S/C18H20BNO5/c1-4-22-17-14(18(21)23-5-2)7-9-16(20-17)25-13-6-8-15-12(10-13)11-24-19(15)3/h6-10H,4-5,11H2,1-3H3. The normalized spacial score (nSPS) is 12.7. The van der Waals surface area contributed by atoms with Crippen LogP contribution in [0.1, 0.15) is 29.8 Å². The van der Waals surface area contributed by atoms with Crippen molar-refractivity contribution >= 4 is 18.3 Å². The molecule has 3 rings (SSSR count). The van der Waals surface area contributed by atoms with Gasteiger partial charge in [-0.1, -0.05) is 12.9 Å². The zero-order valence-electron chi connectivity index (χ0n) is 14.6. The van der Waals surface area contributed by atoms with Gasteiger partial charge in [-0.2, -0.15) is 4.98 Å². The van der Waals surface area contributed by atoms with Gasteiger partial charge in [-0.3, -0.25) is 0 Å². The van der Waals surface area contributed by atoms with Gasteiger partial charge in [-0.25, -0.2) is 4.79 Å². The number of hydrogen-bond donors (Lipinski definition) is 0. The Labute approximate surface area is 147 Å². The van der Waals surface area contributed by atoms with Gasteiger partial charge in [0.15, 0.2) is 0 Å². The van der Waals surface area contributed by atoms with Crippen molar-refractivity contribution in [2.24, 2.45) is 0 Å². The van der Waals surface area contributed by atoms with Crippen LogP contribution >= 0.6 is 0 Å². The number of ether oxygens (including phenoxy) is 3. The summed E-state index contributed by atoms with van der Waals surface area (Å²) in [6, 6.07) is 9.05. The third-order valence-corrected chi connectivity index (χ3v) is 3.87. The Kier molecular flexibility index (Phi) is 5.24. The fourth-order valence-electron chi connectivity index (χ4n) is 2.68. The number of carbonyl (C=O) groups is 1. The molecule has 7 heteroatoms. The highest BCUT2D eigenvalue weighted by Gasteiger charge is 2.23. The zero-order chi connectivity index (χ0) is 17.8. The van der Waals surface area contributed by atoms with E-state index in [-0.39, 0.29) is 25.0 Å². The largest absolute Gasteiger partial charge is 0.477 e. The number of esters is 1. The summed E-state index contributed by atoms with van der Waals surface area (Å²) in [5, 5.41) is 0. The number of hydrogen-bond acceptors (Lipinski definition) is 6. The van der Waals surface area contributed by atoms with Gasteiger partial charge < -0.3 is 18.9 Å². The van der Waals surface area contributed by atoms with Gasteiger partial charge >= 0.3 is 12.9 Å². The molecule has 0 saturated carbocycles. The lowest BCUT2D eigenvalue weighted by Crippen LogP contribution is -2.23. The van der Waals surface area contributed by atoms with Crippen LogP contribution in [0, 0.1) is 0 Å². The van der Waals surface area contributed by atoms with E-state index in [1.54, 1.807) is 19.1 Å². The minimum atomic E-state index is -0.464. The fraction of sp³-hybridized carbons (Fsp3) is 0.333. The molecule has 0 aliphatic carbocycles. The molecule has 1 aromatic carbocycles. The highest BCUT2D eigenvalue weighted by atomic mass is 16.5. The molecule has 0 bridgehead atoms. The minimum absolute atomic E-state index is 0.107. The lowest BCUT2D eigenvalue weighted by atomic mass is 9.64. The van der Waals surface area contributed by atoms with Crippen molar-refractivity contribution < 1.29 is 23.7 Å². The molecule has 0 saturated heterocycles. The second-order valence-corrected chi connectivity index (χ2v) is 5.57. The van der Waals surface area contributed by atoms with Crippen LogP contribution in [0.15, 0.2) is 30.3 Å². The monoisotopic (exact) mass is 341 g/mol. The van der Waals surface area contributed by atoms with Crippen LogP contribution in [0.2, 0.25) is 6.82 Å². The molecule has 1 aromatic heterocycles. The summed E-state index contributed by atoms with van der Waals surface area (Å²) in [6.45, 7) is 6.96. The van der Waals surface area contributed by atoms with Gasteiger partial charge in [-0.15, -0.1) is 0 Å². The summed E-state index contributed by atoms with van der Waals surface area (Å²) in [5.41, 5.74) is 2.57. The van der Waals surface area contributed by atoms with E-state index in [0.717, 1.165) is 5.56 Å². The molecule has 130 valence electrons. The molecule has 0 atom stereocenters. The molecule has 0 spiro atoms. The lowest BCUT2D eigenvalue weighted by Gasteiger charge is -2.11. The first kappa shape index (κ1) is 17.3. The highest BCUT2D eigenvalue weighted by Crippen LogP contribution is 2.26. The molecule has 6 nitrogen and oxygen atoms in total. The summed E-state index contributed by atoms with van der Waals surface area (Å²) in [4.78, 5) is 16.3. The average Bonchev–Trinajstić information content (AvgIpc) is 2.96. The van der Waals surface area contributed by atoms with Crippen molar-refractivity contribution in [1.29, 1.82) is 0 Å². The van der Waals surface area contributed by atoms with Crippen molar-refractivity contribution in [3.05, 3.63) is 41.5 Å². The van der Waals surface area contributed by atoms with E-state index >= 15 is 0 Å². The van der Waals surface area contributed by atoms with Gasteiger partial charge in [0.1, 0.15) is 11.3 Å². The summed E-state index contributed by atoms with van der Waals surface area (Å²) >= 11 is 0. The molecular weight excluding hydrogens is 321 g/mol. The molecular formula is C18H20BNO5. The van der Waals surface area contributed by atoms with Crippen LogP contribution in [-0.4, -0.2) is 31.1 Å². The van der Waals surface area contributed by atoms with E-state index < -0.39 is 5.97 Å². The van der Waals surface area contributed by atoms with E-state index in [0.29, 0.717) is 24.8 Å². The third-order valence-electron chi connectivity index (χ3n) is 3.87. The molecule has 0 radical (unpaired) electrons. The maximum Gasteiger partial charge on any atom is 0.343 e. The topological polar surface area (TPSA) is 66.9 Å². The second kappa shape index (κ2) is 7.57. The maximum absolute atomic E-state index is 12.0. The van der Waals surface area contributed by atoms with E-state index in [1.165, 1.54) is 5.46 Å². The summed E-state index contributed by atoms with van der Waals surface area (Å²) in [5.74, 6) is 0.754. The number of carbonyl (C=O) groups excluding carboxylic acids is 1. The summed E-state index contributed by atoms with van der Waals surface area (Å²) in [6.07, 6.45) is 0. The van der Waals surface area contributed by atoms with Crippen LogP contribution in [0.4, 0.5) is 0 Å². The number of aromatic nitrogens is 1. The second-order valence-electron chi connectivity index (χ2n) is 5.57. The minimum Gasteiger partial charge on any atom is -0.477 e. The molecule has 1 aliphatic rings. The smallest absolute Gasteiger partial charge is 0.343 e. The Morgan fingerprint density at radius 3 is 2.84 bits per heavy atom. The van der Waals surface area contributed by atoms with Crippen LogP contribution in [-0.2, 0) is 16.0 Å². The first-order valence-electron chi connectivity index (χ1n) is 8.35. The molecule has 2 heterocycles. The predicted octanol–water partition coefficient (Wildman–Crippen LogP) is 2.81. The van der Waals surface area contributed by atoms with Crippen LogP contribution in [0.3, 0.4) is 0 Å². The van der Waals surface area contributed by atoms with Crippen LogP contribution < -0.4 is 14.9 Å². The number of nitrogens with zero attached hydrogens (tertiary/aromatic N) is 1. The Morgan fingerprint density at radius 1 is 1.24 bits per heavy atom. The number of fused-ring (bicyclic) bond motifs is 1. The molecule has 1 aliphatic heterocycles. The van der Waals surface area contributed by atoms with Crippen molar-refractivity contribution in [3.8, 4) is 17.5 Å². The Morgan fingerprint density at radius 2 is 2.08 bits per heavy atom. The predicted molar refractivity (Wildman–Crippen MR) is 93.9 cm³/mol. The molecule has 2 aromatic rings. The third kappa shape index (κ3) is 3.77. The molecule has 0 amide bonds. The van der Waals surface area contributed by atoms with Gasteiger partial charge in [0.2, 0.25) is 11.8 Å². The Balaban J connectivity index is 1.83. The number of pyridine rings is 1. The average molecular weight is 341 g/mol. The quantitative estimate of drug-likeness (QED) is 0.595. The van der Waals surface area contributed by atoms with Gasteiger partial charge in [0, 0.05) is 6.07 Å². The van der Waals surface area contributed by atoms with Crippen molar-refractivity contribution in [3.63, 3.8) is 0 Å². The maximum atomic E-state index is 12.0. The van der Waals surface area contributed by atoms with Gasteiger partial charge in [-0.05, 0) is 43.1 Å². The zero-order valence-corrected chi connectivity index (χ0v) is 14.6. The van der Waals surface area contributed by atoms with Gasteiger partial charge in [0.25, 0.3) is 0 Å². The number of benzene rings is 1. The molecule has 25 heavy (non-hydrogen) atoms. The summed E-state index contributed by atoms with van der Waals surface area (Å²) < 4.78 is 21.9. The van der Waals surface area contributed by atoms with E-state index in [9.17, 15) is 4.79 Å². The van der Waals surface area contributed by atoms with E-state index in [1.807, 2.05) is 31.9 Å². The van der Waals surface area contributed by atoms with Crippen molar-refractivity contribution in [2.45, 2.75) is 27.3 Å². The molecule has 0 N–H and O–H groups in total. The fourth-order valence-corrected chi connectivity index (χ4v) is 2.68. The Bertz CT molecular complexity index is 780. The van der Waals surface area contributed by atoms with Crippen LogP contribution in [0.5, 0.6) is 17.5 Å². The van der Waals surface area contributed by atoms with E-state index in [2.05, 4.69) is 4.98 Å². The first-order valence-corrected chi connectivity index (χ1v) is 8.35. The number of rotatable bonds is 6. The van der Waals surface area contributed by atoms with Gasteiger partial charge in [0.05, 0.1) is 19.8 Å². The molecule has 0 unspecified atom stereocenters.